The number of hydrogen-bond donors (Lipinski definition) is 3. The van der Waals surface area contributed by atoms with Crippen molar-refractivity contribution >= 4 is 23.0 Å². The van der Waals surface area contributed by atoms with Gasteiger partial charge in [0.25, 0.3) is 5.91 Å². The summed E-state index contributed by atoms with van der Waals surface area (Å²) in [5.41, 5.74) is 9.97. The van der Waals surface area contributed by atoms with Crippen molar-refractivity contribution in [2.24, 2.45) is 11.7 Å². The Balaban J connectivity index is 2.03. The molecule has 3 rings (SSSR count). The Hall–Kier alpha value is -3.26. The largest absolute Gasteiger partial charge is 0.497 e. The molecule has 1 aliphatic rings. The van der Waals surface area contributed by atoms with Gasteiger partial charge >= 0.3 is 0 Å². The standard InChI is InChI=1S/C22H28N6O2/c1-12(2)20(24)19(13(3)23)21-26-7-6-18(27-21)28-11-17-14(10-25-4)8-15(30-5)9-16(17)22(28)29/h6-9,12,24-25H,10-11,23H2,1-5H3. The molecule has 1 aromatic carbocycles. The van der Waals surface area contributed by atoms with Crippen LogP contribution in [0.5, 0.6) is 5.75 Å². The van der Waals surface area contributed by atoms with Gasteiger partial charge in [-0.3, -0.25) is 9.69 Å². The van der Waals surface area contributed by atoms with Gasteiger partial charge in [-0.05, 0) is 49.2 Å². The van der Waals surface area contributed by atoms with Gasteiger partial charge in [0.15, 0.2) is 5.82 Å². The first-order chi connectivity index (χ1) is 14.3. The smallest absolute Gasteiger partial charge is 0.260 e. The summed E-state index contributed by atoms with van der Waals surface area (Å²) in [6.07, 6.45) is 1.60. The van der Waals surface area contributed by atoms with Crippen LogP contribution >= 0.6 is 0 Å². The zero-order valence-electron chi connectivity index (χ0n) is 18.0. The van der Waals surface area contributed by atoms with Gasteiger partial charge < -0.3 is 21.2 Å². The summed E-state index contributed by atoms with van der Waals surface area (Å²) >= 11 is 0. The van der Waals surface area contributed by atoms with E-state index in [0.717, 1.165) is 11.1 Å². The number of allylic oxidation sites excluding steroid dienone is 2. The molecular formula is C22H28N6O2. The lowest BCUT2D eigenvalue weighted by Gasteiger charge is -2.17. The van der Waals surface area contributed by atoms with Crippen molar-refractivity contribution in [1.29, 1.82) is 5.41 Å². The molecule has 0 spiro atoms. The predicted octanol–water partition coefficient (Wildman–Crippen LogP) is 2.73. The molecule has 0 saturated carbocycles. The summed E-state index contributed by atoms with van der Waals surface area (Å²) in [6.45, 7) is 6.61. The van der Waals surface area contributed by atoms with Gasteiger partial charge in [-0.2, -0.15) is 0 Å². The number of carbonyl (C=O) groups is 1. The van der Waals surface area contributed by atoms with Crippen molar-refractivity contribution in [1.82, 2.24) is 15.3 Å². The molecule has 2 heterocycles. The lowest BCUT2D eigenvalue weighted by Crippen LogP contribution is -2.25. The molecule has 4 N–H and O–H groups in total. The van der Waals surface area contributed by atoms with Crippen molar-refractivity contribution in [2.45, 2.75) is 33.9 Å². The van der Waals surface area contributed by atoms with Gasteiger partial charge in [0, 0.05) is 29.7 Å². The normalized spacial score (nSPS) is 14.1. The minimum absolute atomic E-state index is 0.0278. The molecule has 1 aliphatic heterocycles. The van der Waals surface area contributed by atoms with Crippen molar-refractivity contribution in [3.63, 3.8) is 0 Å². The third-order valence-corrected chi connectivity index (χ3v) is 5.09. The Kier molecular flexibility index (Phi) is 6.17. The second-order valence-electron chi connectivity index (χ2n) is 7.60. The molecule has 0 radical (unpaired) electrons. The summed E-state index contributed by atoms with van der Waals surface area (Å²) in [5.74, 6) is 1.31. The quantitative estimate of drug-likeness (QED) is 0.607. The Morgan fingerprint density at radius 3 is 2.73 bits per heavy atom. The number of aromatic nitrogens is 2. The molecule has 8 nitrogen and oxygen atoms in total. The number of hydrogen-bond acceptors (Lipinski definition) is 7. The molecule has 0 atom stereocenters. The highest BCUT2D eigenvalue weighted by atomic mass is 16.5. The molecule has 0 aliphatic carbocycles. The van der Waals surface area contributed by atoms with E-state index in [4.69, 9.17) is 15.9 Å². The van der Waals surface area contributed by atoms with Crippen LogP contribution in [-0.4, -0.2) is 35.7 Å². The third kappa shape index (κ3) is 3.91. The van der Waals surface area contributed by atoms with Crippen molar-refractivity contribution in [3.05, 3.63) is 52.6 Å². The van der Waals surface area contributed by atoms with Crippen LogP contribution in [0.2, 0.25) is 0 Å². The van der Waals surface area contributed by atoms with Crippen molar-refractivity contribution < 1.29 is 9.53 Å². The van der Waals surface area contributed by atoms with E-state index in [0.29, 0.717) is 53.0 Å². The first-order valence-corrected chi connectivity index (χ1v) is 9.83. The van der Waals surface area contributed by atoms with E-state index in [-0.39, 0.29) is 11.8 Å². The fourth-order valence-corrected chi connectivity index (χ4v) is 3.52. The maximum Gasteiger partial charge on any atom is 0.260 e. The molecule has 1 amide bonds. The fourth-order valence-electron chi connectivity index (χ4n) is 3.52. The lowest BCUT2D eigenvalue weighted by atomic mass is 9.98. The molecule has 0 saturated heterocycles. The number of nitrogens with one attached hydrogen (secondary N) is 2. The van der Waals surface area contributed by atoms with Crippen molar-refractivity contribution in [3.8, 4) is 5.75 Å². The Morgan fingerprint density at radius 1 is 1.40 bits per heavy atom. The minimum Gasteiger partial charge on any atom is -0.497 e. The average Bonchev–Trinajstić information content (AvgIpc) is 3.05. The maximum atomic E-state index is 13.2. The number of nitrogens with two attached hydrogens (primary N) is 1. The second-order valence-corrected chi connectivity index (χ2v) is 7.60. The molecule has 158 valence electrons. The zero-order chi connectivity index (χ0) is 22.0. The molecule has 2 aromatic rings. The number of ether oxygens (including phenoxy) is 1. The molecule has 1 aromatic heterocycles. The Morgan fingerprint density at radius 2 is 2.13 bits per heavy atom. The predicted molar refractivity (Wildman–Crippen MR) is 118 cm³/mol. The highest BCUT2D eigenvalue weighted by Crippen LogP contribution is 2.33. The van der Waals surface area contributed by atoms with E-state index in [1.54, 1.807) is 37.3 Å². The van der Waals surface area contributed by atoms with Gasteiger partial charge in [0.05, 0.1) is 19.2 Å². The number of anilines is 1. The monoisotopic (exact) mass is 408 g/mol. The summed E-state index contributed by atoms with van der Waals surface area (Å²) < 4.78 is 5.37. The summed E-state index contributed by atoms with van der Waals surface area (Å²) in [6, 6.07) is 5.41. The van der Waals surface area contributed by atoms with E-state index in [1.807, 2.05) is 27.0 Å². The number of nitrogens with zero attached hydrogens (tertiary/aromatic N) is 3. The third-order valence-electron chi connectivity index (χ3n) is 5.09. The highest BCUT2D eigenvalue weighted by Gasteiger charge is 2.32. The maximum absolute atomic E-state index is 13.2. The number of methoxy groups -OCH3 is 1. The van der Waals surface area contributed by atoms with Crippen molar-refractivity contribution in [2.75, 3.05) is 19.1 Å². The van der Waals surface area contributed by atoms with Crippen LogP contribution in [0.4, 0.5) is 5.82 Å². The van der Waals surface area contributed by atoms with Crippen LogP contribution in [-0.2, 0) is 13.1 Å². The van der Waals surface area contributed by atoms with E-state index >= 15 is 0 Å². The van der Waals surface area contributed by atoms with E-state index < -0.39 is 0 Å². The molecule has 30 heavy (non-hydrogen) atoms. The number of fused-ring (bicyclic) bond motifs is 1. The fraction of sp³-hybridized carbons (Fsp3) is 0.364. The number of amides is 1. The van der Waals surface area contributed by atoms with Gasteiger partial charge in [0.2, 0.25) is 0 Å². The van der Waals surface area contributed by atoms with Crippen LogP contribution in [0, 0.1) is 11.3 Å². The molecule has 0 bridgehead atoms. The van der Waals surface area contributed by atoms with Gasteiger partial charge in [-0.25, -0.2) is 9.97 Å². The SMILES string of the molecule is CNCc1cc(OC)cc2c1CN(c1ccnc(C(C(=N)C(C)C)=C(C)N)n1)C2=O. The molecule has 8 heteroatoms. The topological polar surface area (TPSA) is 117 Å². The van der Waals surface area contributed by atoms with E-state index in [9.17, 15) is 4.79 Å². The first-order valence-electron chi connectivity index (χ1n) is 9.83. The summed E-state index contributed by atoms with van der Waals surface area (Å²) in [7, 11) is 3.45. The van der Waals surface area contributed by atoms with E-state index in [1.165, 1.54) is 0 Å². The molecular weight excluding hydrogens is 380 g/mol. The Labute approximate surface area is 176 Å². The average molecular weight is 409 g/mol. The van der Waals surface area contributed by atoms with Crippen LogP contribution in [0.1, 0.15) is 48.1 Å². The molecule has 0 unspecified atom stereocenters. The summed E-state index contributed by atoms with van der Waals surface area (Å²) in [4.78, 5) is 23.7. The first kappa shape index (κ1) is 21.4. The zero-order valence-corrected chi connectivity index (χ0v) is 18.0. The number of carbonyl (C=O) groups excluding carboxylic acids is 1. The number of rotatable bonds is 7. The molecule has 0 fully saturated rings. The van der Waals surface area contributed by atoms with Crippen LogP contribution < -0.4 is 20.7 Å². The van der Waals surface area contributed by atoms with Crippen LogP contribution in [0.3, 0.4) is 0 Å². The Bertz CT molecular complexity index is 1020. The summed E-state index contributed by atoms with van der Waals surface area (Å²) in [5, 5.41) is 11.5. The van der Waals surface area contributed by atoms with E-state index in [2.05, 4.69) is 15.3 Å². The highest BCUT2D eigenvalue weighted by molar-refractivity contribution is 6.23. The van der Waals surface area contributed by atoms with Gasteiger partial charge in [-0.15, -0.1) is 0 Å². The lowest BCUT2D eigenvalue weighted by molar-refractivity contribution is 0.0995. The van der Waals surface area contributed by atoms with Gasteiger partial charge in [0.1, 0.15) is 11.6 Å². The van der Waals surface area contributed by atoms with Crippen LogP contribution in [0.25, 0.3) is 5.57 Å². The van der Waals surface area contributed by atoms with Gasteiger partial charge in [-0.1, -0.05) is 13.8 Å². The number of benzene rings is 1. The van der Waals surface area contributed by atoms with Crippen LogP contribution in [0.15, 0.2) is 30.1 Å². The second kappa shape index (κ2) is 8.62. The minimum atomic E-state index is -0.139.